The minimum absolute atomic E-state index is 0.0681. The molecule has 0 fully saturated rings. The highest BCUT2D eigenvalue weighted by molar-refractivity contribution is 8.00. The molecule has 1 aromatic heterocycles. The third kappa shape index (κ3) is 5.80. The van der Waals surface area contributed by atoms with E-state index in [1.54, 1.807) is 6.92 Å². The fourth-order valence-electron chi connectivity index (χ4n) is 1.86. The average Bonchev–Trinajstić information content (AvgIpc) is 2.88. The van der Waals surface area contributed by atoms with Crippen LogP contribution in [0.3, 0.4) is 0 Å². The molecule has 6 nitrogen and oxygen atoms in total. The van der Waals surface area contributed by atoms with Crippen molar-refractivity contribution >= 4 is 21.8 Å². The predicted octanol–water partition coefficient (Wildman–Crippen LogP) is 2.64. The maximum Gasteiger partial charge on any atom is 0.446 e. The van der Waals surface area contributed by atoms with Gasteiger partial charge in [-0.25, -0.2) is 18.1 Å². The molecule has 0 aliphatic heterocycles. The first-order valence-electron chi connectivity index (χ1n) is 6.89. The molecule has 0 amide bonds. The molecule has 1 heterocycles. The van der Waals surface area contributed by atoms with Gasteiger partial charge in [0.1, 0.15) is 5.82 Å². The SMILES string of the molecule is Cc1nc(CCCNS(=O)(=O)c2ccc(SC(F)(F)F)cc2)n[nH]1. The van der Waals surface area contributed by atoms with Crippen LogP contribution >= 0.6 is 11.8 Å². The molecule has 0 aliphatic rings. The molecule has 2 N–H and O–H groups in total. The molecule has 2 aromatic rings. The number of halogens is 3. The lowest BCUT2D eigenvalue weighted by Gasteiger charge is -2.08. The fraction of sp³-hybridized carbons (Fsp3) is 0.385. The van der Waals surface area contributed by atoms with Crippen molar-refractivity contribution in [3.63, 3.8) is 0 Å². The zero-order valence-electron chi connectivity index (χ0n) is 12.6. The number of aromatic nitrogens is 3. The summed E-state index contributed by atoms with van der Waals surface area (Å²) in [7, 11) is -3.76. The fourth-order valence-corrected chi connectivity index (χ4v) is 3.47. The maximum atomic E-state index is 12.2. The molecular weight excluding hydrogens is 365 g/mol. The van der Waals surface area contributed by atoms with E-state index in [-0.39, 0.29) is 28.1 Å². The Labute approximate surface area is 141 Å². The summed E-state index contributed by atoms with van der Waals surface area (Å²) in [4.78, 5) is 3.95. The first-order valence-corrected chi connectivity index (χ1v) is 9.19. The van der Waals surface area contributed by atoms with Crippen LogP contribution in [-0.2, 0) is 16.4 Å². The predicted molar refractivity (Wildman–Crippen MR) is 83.0 cm³/mol. The topological polar surface area (TPSA) is 87.7 Å². The molecule has 0 atom stereocenters. The Hall–Kier alpha value is -1.59. The van der Waals surface area contributed by atoms with Crippen molar-refractivity contribution in [2.45, 2.75) is 35.1 Å². The maximum absolute atomic E-state index is 12.2. The number of aryl methyl sites for hydroxylation is 2. The number of sulfonamides is 1. The highest BCUT2D eigenvalue weighted by atomic mass is 32.2. The van der Waals surface area contributed by atoms with Gasteiger partial charge in [0.2, 0.25) is 10.0 Å². The third-order valence-corrected chi connectivity index (χ3v) is 5.10. The molecule has 24 heavy (non-hydrogen) atoms. The van der Waals surface area contributed by atoms with E-state index < -0.39 is 15.5 Å². The van der Waals surface area contributed by atoms with Crippen LogP contribution in [-0.4, -0.2) is 35.7 Å². The Balaban J connectivity index is 1.87. The summed E-state index contributed by atoms with van der Waals surface area (Å²) in [5, 5.41) is 6.63. The van der Waals surface area contributed by atoms with Gasteiger partial charge >= 0.3 is 5.51 Å². The summed E-state index contributed by atoms with van der Waals surface area (Å²) in [5.41, 5.74) is -4.41. The summed E-state index contributed by atoms with van der Waals surface area (Å²) < 4.78 is 63.3. The minimum atomic E-state index is -4.41. The summed E-state index contributed by atoms with van der Waals surface area (Å²) in [6.07, 6.45) is 1.01. The molecule has 0 unspecified atom stereocenters. The van der Waals surface area contributed by atoms with Crippen molar-refractivity contribution in [3.05, 3.63) is 35.9 Å². The normalized spacial score (nSPS) is 12.5. The van der Waals surface area contributed by atoms with E-state index in [0.717, 1.165) is 24.3 Å². The van der Waals surface area contributed by atoms with Gasteiger partial charge in [0.15, 0.2) is 5.82 Å². The monoisotopic (exact) mass is 380 g/mol. The lowest BCUT2D eigenvalue weighted by Crippen LogP contribution is -2.25. The van der Waals surface area contributed by atoms with Gasteiger partial charge in [-0.2, -0.15) is 18.3 Å². The molecule has 2 rings (SSSR count). The summed E-state index contributed by atoms with van der Waals surface area (Å²) in [6, 6.07) is 4.55. The smallest absolute Gasteiger partial charge is 0.263 e. The van der Waals surface area contributed by atoms with Gasteiger partial charge in [0.25, 0.3) is 0 Å². The molecular formula is C13H15F3N4O2S2. The van der Waals surface area contributed by atoms with Gasteiger partial charge in [-0.05, 0) is 49.4 Å². The zero-order chi connectivity index (χ0) is 17.8. The molecule has 0 aliphatic carbocycles. The van der Waals surface area contributed by atoms with Gasteiger partial charge in [0, 0.05) is 17.9 Å². The van der Waals surface area contributed by atoms with Crippen molar-refractivity contribution in [2.75, 3.05) is 6.54 Å². The van der Waals surface area contributed by atoms with E-state index in [2.05, 4.69) is 19.9 Å². The molecule has 0 bridgehead atoms. The Morgan fingerprint density at radius 1 is 1.25 bits per heavy atom. The Morgan fingerprint density at radius 3 is 2.46 bits per heavy atom. The number of benzene rings is 1. The zero-order valence-corrected chi connectivity index (χ0v) is 14.2. The number of H-pyrrole nitrogens is 1. The number of nitrogens with one attached hydrogen (secondary N) is 2. The quantitative estimate of drug-likeness (QED) is 0.570. The number of aromatic amines is 1. The van der Waals surface area contributed by atoms with Crippen molar-refractivity contribution in [1.29, 1.82) is 0 Å². The van der Waals surface area contributed by atoms with Crippen LogP contribution in [0, 0.1) is 6.92 Å². The second kappa shape index (κ2) is 7.53. The van der Waals surface area contributed by atoms with E-state index in [1.807, 2.05) is 0 Å². The lowest BCUT2D eigenvalue weighted by atomic mass is 10.3. The number of hydrogen-bond acceptors (Lipinski definition) is 5. The van der Waals surface area contributed by atoms with Gasteiger partial charge < -0.3 is 0 Å². The summed E-state index contributed by atoms with van der Waals surface area (Å²) in [5.74, 6) is 1.28. The van der Waals surface area contributed by atoms with Crippen molar-refractivity contribution in [3.8, 4) is 0 Å². The minimum Gasteiger partial charge on any atom is -0.263 e. The van der Waals surface area contributed by atoms with Crippen molar-refractivity contribution in [1.82, 2.24) is 19.9 Å². The highest BCUT2D eigenvalue weighted by Crippen LogP contribution is 2.36. The number of thioether (sulfide) groups is 1. The van der Waals surface area contributed by atoms with E-state index >= 15 is 0 Å². The Bertz CT molecular complexity index is 773. The molecule has 0 radical (unpaired) electrons. The second-order valence-corrected chi connectivity index (χ2v) is 7.76. The van der Waals surface area contributed by atoms with E-state index in [1.165, 1.54) is 0 Å². The molecule has 0 spiro atoms. The first kappa shape index (κ1) is 18.7. The van der Waals surface area contributed by atoms with Crippen LogP contribution in [0.2, 0.25) is 0 Å². The highest BCUT2D eigenvalue weighted by Gasteiger charge is 2.29. The molecule has 1 aromatic carbocycles. The van der Waals surface area contributed by atoms with Crippen LogP contribution in [0.25, 0.3) is 0 Å². The van der Waals surface area contributed by atoms with E-state index in [4.69, 9.17) is 0 Å². The average molecular weight is 380 g/mol. The van der Waals surface area contributed by atoms with Gasteiger partial charge in [-0.1, -0.05) is 0 Å². The van der Waals surface area contributed by atoms with Crippen LogP contribution in [0.15, 0.2) is 34.1 Å². The largest absolute Gasteiger partial charge is 0.446 e. The number of rotatable bonds is 7. The molecule has 0 saturated heterocycles. The summed E-state index contributed by atoms with van der Waals surface area (Å²) >= 11 is -0.291. The van der Waals surface area contributed by atoms with Gasteiger partial charge in [-0.15, -0.1) is 0 Å². The van der Waals surface area contributed by atoms with Crippen LogP contribution < -0.4 is 4.72 Å². The molecule has 132 valence electrons. The van der Waals surface area contributed by atoms with Crippen LogP contribution in [0.1, 0.15) is 18.1 Å². The number of nitrogens with zero attached hydrogens (tertiary/aromatic N) is 2. The number of hydrogen-bond donors (Lipinski definition) is 2. The van der Waals surface area contributed by atoms with Crippen molar-refractivity contribution in [2.24, 2.45) is 0 Å². The Kier molecular flexibility index (Phi) is 5.88. The lowest BCUT2D eigenvalue weighted by molar-refractivity contribution is -0.0328. The van der Waals surface area contributed by atoms with Gasteiger partial charge in [0.05, 0.1) is 4.90 Å². The van der Waals surface area contributed by atoms with E-state index in [0.29, 0.717) is 24.5 Å². The van der Waals surface area contributed by atoms with Crippen LogP contribution in [0.4, 0.5) is 13.2 Å². The Morgan fingerprint density at radius 2 is 1.92 bits per heavy atom. The molecule has 11 heteroatoms. The van der Waals surface area contributed by atoms with Crippen molar-refractivity contribution < 1.29 is 21.6 Å². The summed E-state index contributed by atoms with van der Waals surface area (Å²) in [6.45, 7) is 1.94. The van der Waals surface area contributed by atoms with Gasteiger partial charge in [-0.3, -0.25) is 5.10 Å². The van der Waals surface area contributed by atoms with E-state index in [9.17, 15) is 21.6 Å². The standard InChI is InChI=1S/C13H15F3N4O2S2/c1-9-18-12(20-19-9)3-2-8-17-24(21,22)11-6-4-10(5-7-11)23-13(14,15)16/h4-7,17H,2-3,8H2,1H3,(H,18,19,20). The molecule has 0 saturated carbocycles. The van der Waals surface area contributed by atoms with Crippen LogP contribution in [0.5, 0.6) is 0 Å². The number of alkyl halides is 3. The third-order valence-electron chi connectivity index (χ3n) is 2.88. The first-order chi connectivity index (χ1) is 11.2. The second-order valence-electron chi connectivity index (χ2n) is 4.86.